The van der Waals surface area contributed by atoms with Crippen molar-refractivity contribution in [2.45, 2.75) is 32.0 Å². The Morgan fingerprint density at radius 1 is 1.25 bits per heavy atom. The molecular weight excluding hydrogens is 320 g/mol. The Morgan fingerprint density at radius 3 is 2.71 bits per heavy atom. The van der Waals surface area contributed by atoms with Crippen LogP contribution in [0.15, 0.2) is 42.5 Å². The van der Waals surface area contributed by atoms with Crippen molar-refractivity contribution < 1.29 is 9.47 Å². The maximum atomic E-state index is 6.45. The van der Waals surface area contributed by atoms with Gasteiger partial charge in [-0.15, -0.1) is 0 Å². The number of hydrogen-bond donors (Lipinski definition) is 1. The smallest absolute Gasteiger partial charge is 0.188 e. The van der Waals surface area contributed by atoms with Gasteiger partial charge in [-0.25, -0.2) is 0 Å². The van der Waals surface area contributed by atoms with Gasteiger partial charge in [-0.3, -0.25) is 4.90 Å². The molecule has 4 nitrogen and oxygen atoms in total. The second kappa shape index (κ2) is 5.38. The van der Waals surface area contributed by atoms with E-state index < -0.39 is 5.72 Å². The van der Waals surface area contributed by atoms with Crippen LogP contribution in [0.4, 0.5) is 5.69 Å². The number of fused-ring (bicyclic) bond motifs is 4. The monoisotopic (exact) mass is 340 g/mol. The highest BCUT2D eigenvalue weighted by Gasteiger charge is 2.49. The molecule has 2 bridgehead atoms. The summed E-state index contributed by atoms with van der Waals surface area (Å²) in [5.41, 5.74) is 2.79. The normalized spacial score (nSPS) is 24.7. The Balaban J connectivity index is 1.81. The van der Waals surface area contributed by atoms with Gasteiger partial charge >= 0.3 is 0 Å². The molecule has 0 saturated carbocycles. The molecule has 2 aliphatic rings. The average molecular weight is 340 g/mol. The highest BCUT2D eigenvalue weighted by atomic mass is 32.1. The highest BCUT2D eigenvalue weighted by molar-refractivity contribution is 7.80. The molecule has 2 heterocycles. The van der Waals surface area contributed by atoms with Gasteiger partial charge in [0.1, 0.15) is 0 Å². The van der Waals surface area contributed by atoms with Crippen molar-refractivity contribution in [3.8, 4) is 11.5 Å². The topological polar surface area (TPSA) is 33.7 Å². The first-order valence-corrected chi connectivity index (χ1v) is 8.46. The molecule has 24 heavy (non-hydrogen) atoms. The van der Waals surface area contributed by atoms with Crippen LogP contribution < -0.4 is 19.7 Å². The molecule has 1 fully saturated rings. The number of ether oxygens (including phenoxy) is 2. The molecule has 1 N–H and O–H groups in total. The van der Waals surface area contributed by atoms with E-state index in [2.05, 4.69) is 54.4 Å². The molecule has 2 atom stereocenters. The molecule has 0 amide bonds. The van der Waals surface area contributed by atoms with Crippen LogP contribution in [0.1, 0.15) is 30.5 Å². The highest BCUT2D eigenvalue weighted by Crippen LogP contribution is 2.48. The van der Waals surface area contributed by atoms with Gasteiger partial charge in [-0.1, -0.05) is 29.8 Å². The van der Waals surface area contributed by atoms with Gasteiger partial charge in [0.2, 0.25) is 0 Å². The molecule has 1 saturated heterocycles. The number of nitrogens with zero attached hydrogens (tertiary/aromatic N) is 1. The van der Waals surface area contributed by atoms with E-state index in [1.54, 1.807) is 7.11 Å². The number of benzene rings is 2. The van der Waals surface area contributed by atoms with Crippen molar-refractivity contribution in [3.63, 3.8) is 0 Å². The van der Waals surface area contributed by atoms with E-state index in [-0.39, 0.29) is 6.04 Å². The number of para-hydroxylation sites is 1. The molecule has 5 heteroatoms. The molecule has 0 aromatic heterocycles. The zero-order valence-electron chi connectivity index (χ0n) is 14.0. The van der Waals surface area contributed by atoms with Crippen molar-refractivity contribution in [3.05, 3.63) is 53.6 Å². The Labute approximate surface area is 147 Å². The molecule has 4 rings (SSSR count). The van der Waals surface area contributed by atoms with Crippen LogP contribution in [0.5, 0.6) is 11.5 Å². The number of nitrogens with one attached hydrogen (secondary N) is 1. The lowest BCUT2D eigenvalue weighted by atomic mass is 9.90. The van der Waals surface area contributed by atoms with E-state index >= 15 is 0 Å². The summed E-state index contributed by atoms with van der Waals surface area (Å²) in [6, 6.07) is 14.4. The molecule has 2 aromatic rings. The zero-order chi connectivity index (χ0) is 16.9. The Morgan fingerprint density at radius 2 is 2.00 bits per heavy atom. The molecular formula is C19H20N2O2S. The summed E-state index contributed by atoms with van der Waals surface area (Å²) >= 11 is 5.66. The van der Waals surface area contributed by atoms with Crippen LogP contribution in [0.3, 0.4) is 0 Å². The predicted octanol–water partition coefficient (Wildman–Crippen LogP) is 3.94. The van der Waals surface area contributed by atoms with Crippen LogP contribution in [0.25, 0.3) is 0 Å². The van der Waals surface area contributed by atoms with E-state index in [0.29, 0.717) is 5.11 Å². The van der Waals surface area contributed by atoms with E-state index in [9.17, 15) is 0 Å². The first-order valence-electron chi connectivity index (χ1n) is 8.05. The Hall–Kier alpha value is -2.27. The number of rotatable bonds is 2. The fourth-order valence-corrected chi connectivity index (χ4v) is 4.05. The summed E-state index contributed by atoms with van der Waals surface area (Å²) in [4.78, 5) is 2.06. The third-order valence-corrected chi connectivity index (χ3v) is 5.08. The third kappa shape index (κ3) is 2.23. The van der Waals surface area contributed by atoms with Crippen LogP contribution in [-0.2, 0) is 0 Å². The predicted molar refractivity (Wildman–Crippen MR) is 98.8 cm³/mol. The summed E-state index contributed by atoms with van der Waals surface area (Å²) in [5.74, 6) is 1.55. The van der Waals surface area contributed by atoms with E-state index in [1.165, 1.54) is 5.56 Å². The van der Waals surface area contributed by atoms with Gasteiger partial charge in [0, 0.05) is 17.7 Å². The van der Waals surface area contributed by atoms with E-state index in [4.69, 9.17) is 21.7 Å². The summed E-state index contributed by atoms with van der Waals surface area (Å²) in [5, 5.41) is 4.15. The van der Waals surface area contributed by atoms with Crippen LogP contribution in [0.2, 0.25) is 0 Å². The zero-order valence-corrected chi connectivity index (χ0v) is 14.8. The Kier molecular flexibility index (Phi) is 3.42. The molecule has 0 spiro atoms. The van der Waals surface area contributed by atoms with E-state index in [1.807, 2.05) is 12.1 Å². The van der Waals surface area contributed by atoms with Crippen molar-refractivity contribution in [2.75, 3.05) is 12.0 Å². The first-order chi connectivity index (χ1) is 11.5. The molecule has 0 unspecified atom stereocenters. The van der Waals surface area contributed by atoms with Gasteiger partial charge in [-0.2, -0.15) is 0 Å². The largest absolute Gasteiger partial charge is 0.493 e. The van der Waals surface area contributed by atoms with Gasteiger partial charge in [0.05, 0.1) is 13.2 Å². The number of methoxy groups -OCH3 is 1. The third-order valence-electron chi connectivity index (χ3n) is 4.78. The molecule has 124 valence electrons. The minimum Gasteiger partial charge on any atom is -0.493 e. The van der Waals surface area contributed by atoms with Gasteiger partial charge in [0.15, 0.2) is 22.3 Å². The maximum absolute atomic E-state index is 6.45. The second-order valence-corrected chi connectivity index (χ2v) is 6.92. The summed E-state index contributed by atoms with van der Waals surface area (Å²) < 4.78 is 12.0. The summed E-state index contributed by atoms with van der Waals surface area (Å²) in [6.45, 7) is 4.16. The average Bonchev–Trinajstić information content (AvgIpc) is 2.55. The van der Waals surface area contributed by atoms with Crippen molar-refractivity contribution in [1.29, 1.82) is 0 Å². The van der Waals surface area contributed by atoms with E-state index in [0.717, 1.165) is 29.2 Å². The fourth-order valence-electron chi connectivity index (χ4n) is 3.61. The van der Waals surface area contributed by atoms with Crippen LogP contribution in [0, 0.1) is 6.92 Å². The summed E-state index contributed by atoms with van der Waals surface area (Å²) in [7, 11) is 1.67. The fraction of sp³-hybridized carbons (Fsp3) is 0.316. The number of aryl methyl sites for hydroxylation is 1. The van der Waals surface area contributed by atoms with Crippen molar-refractivity contribution >= 4 is 23.0 Å². The first kappa shape index (κ1) is 15.3. The van der Waals surface area contributed by atoms with Crippen LogP contribution >= 0.6 is 12.2 Å². The van der Waals surface area contributed by atoms with Gasteiger partial charge in [0.25, 0.3) is 0 Å². The SMILES string of the molecule is COc1cccc2c1O[C@@]1(C)C[C@@H]2NC(=S)N1c1ccc(C)cc1. The van der Waals surface area contributed by atoms with Crippen LogP contribution in [-0.4, -0.2) is 17.9 Å². The second-order valence-electron chi connectivity index (χ2n) is 6.53. The lowest BCUT2D eigenvalue weighted by molar-refractivity contribution is 0.0464. The molecule has 0 aliphatic carbocycles. The van der Waals surface area contributed by atoms with Crippen molar-refractivity contribution in [1.82, 2.24) is 5.32 Å². The number of anilines is 1. The summed E-state index contributed by atoms with van der Waals surface area (Å²) in [6.07, 6.45) is 0.807. The lowest BCUT2D eigenvalue weighted by Crippen LogP contribution is -2.65. The number of hydrogen-bond acceptors (Lipinski definition) is 3. The van der Waals surface area contributed by atoms with Gasteiger partial charge < -0.3 is 14.8 Å². The minimum absolute atomic E-state index is 0.128. The lowest BCUT2D eigenvalue weighted by Gasteiger charge is -2.52. The van der Waals surface area contributed by atoms with Crippen molar-refractivity contribution in [2.24, 2.45) is 0 Å². The molecule has 2 aromatic carbocycles. The number of thiocarbonyl (C=S) groups is 1. The quantitative estimate of drug-likeness (QED) is 0.838. The Bertz CT molecular complexity index is 806. The van der Waals surface area contributed by atoms with Gasteiger partial charge in [-0.05, 0) is 44.3 Å². The minimum atomic E-state index is -0.552. The standard InChI is InChI=1S/C19H20N2O2S/c1-12-7-9-13(10-8-12)21-18(24)20-15-11-19(21,2)23-17-14(15)5-4-6-16(17)22-3/h4-10,15H,11H2,1-3H3,(H,20,24)/t15-,19-/m0/s1. The molecule has 0 radical (unpaired) electrons. The molecule has 2 aliphatic heterocycles. The maximum Gasteiger partial charge on any atom is 0.188 e.